The number of aromatic nitrogens is 1. The highest BCUT2D eigenvalue weighted by Crippen LogP contribution is 2.22. The van der Waals surface area contributed by atoms with Crippen LogP contribution in [0, 0.1) is 0 Å². The maximum atomic E-state index is 5.78. The van der Waals surface area contributed by atoms with E-state index in [1.54, 1.807) is 0 Å². The van der Waals surface area contributed by atoms with Crippen molar-refractivity contribution in [1.82, 2.24) is 4.98 Å². The first-order chi connectivity index (χ1) is 7.56. The molecule has 0 amide bonds. The van der Waals surface area contributed by atoms with E-state index in [2.05, 4.69) is 31.0 Å². The van der Waals surface area contributed by atoms with Gasteiger partial charge in [-0.05, 0) is 31.0 Å². The summed E-state index contributed by atoms with van der Waals surface area (Å²) in [5.41, 5.74) is 8.78. The molecule has 2 N–H and O–H groups in total. The van der Waals surface area contributed by atoms with E-state index in [-0.39, 0.29) is 6.04 Å². The SMILES string of the molecule is CC(N)Cc1ccc2oc(C(C)C)nc2c1. The molecule has 2 rings (SSSR count). The lowest BCUT2D eigenvalue weighted by molar-refractivity contribution is 0.501. The Kier molecular flexibility index (Phi) is 2.97. The van der Waals surface area contributed by atoms with Crippen LogP contribution in [0.3, 0.4) is 0 Å². The summed E-state index contributed by atoms with van der Waals surface area (Å²) in [6.45, 7) is 6.16. The first-order valence-electron chi connectivity index (χ1n) is 5.71. The summed E-state index contributed by atoms with van der Waals surface area (Å²) in [6, 6.07) is 6.27. The Morgan fingerprint density at radius 2 is 2.06 bits per heavy atom. The molecule has 2 aromatic rings. The normalized spacial score (nSPS) is 13.6. The molecule has 0 aliphatic heterocycles. The lowest BCUT2D eigenvalue weighted by Crippen LogP contribution is -2.17. The van der Waals surface area contributed by atoms with Crippen molar-refractivity contribution in [2.75, 3.05) is 0 Å². The van der Waals surface area contributed by atoms with Crippen molar-refractivity contribution in [3.05, 3.63) is 29.7 Å². The molecule has 0 aliphatic rings. The van der Waals surface area contributed by atoms with Gasteiger partial charge in [0.1, 0.15) is 5.52 Å². The van der Waals surface area contributed by atoms with Crippen LogP contribution >= 0.6 is 0 Å². The molecular weight excluding hydrogens is 200 g/mol. The van der Waals surface area contributed by atoms with Crippen molar-refractivity contribution in [3.63, 3.8) is 0 Å². The fraction of sp³-hybridized carbons (Fsp3) is 0.462. The quantitative estimate of drug-likeness (QED) is 0.861. The number of hydrogen-bond donors (Lipinski definition) is 1. The van der Waals surface area contributed by atoms with Gasteiger partial charge in [0.05, 0.1) is 0 Å². The molecule has 16 heavy (non-hydrogen) atoms. The van der Waals surface area contributed by atoms with Crippen molar-refractivity contribution in [2.24, 2.45) is 5.73 Å². The van der Waals surface area contributed by atoms with Gasteiger partial charge < -0.3 is 10.2 Å². The van der Waals surface area contributed by atoms with E-state index in [1.807, 2.05) is 13.0 Å². The van der Waals surface area contributed by atoms with Gasteiger partial charge in [0.15, 0.2) is 11.5 Å². The molecule has 0 saturated heterocycles. The van der Waals surface area contributed by atoms with Gasteiger partial charge in [0, 0.05) is 12.0 Å². The first-order valence-corrected chi connectivity index (χ1v) is 5.71. The Morgan fingerprint density at radius 1 is 1.31 bits per heavy atom. The topological polar surface area (TPSA) is 52.0 Å². The third kappa shape index (κ3) is 2.25. The van der Waals surface area contributed by atoms with Crippen LogP contribution in [0.4, 0.5) is 0 Å². The number of fused-ring (bicyclic) bond motifs is 1. The van der Waals surface area contributed by atoms with Crippen molar-refractivity contribution in [3.8, 4) is 0 Å². The minimum Gasteiger partial charge on any atom is -0.440 e. The summed E-state index contributed by atoms with van der Waals surface area (Å²) in [4.78, 5) is 4.47. The van der Waals surface area contributed by atoms with E-state index >= 15 is 0 Å². The molecule has 0 saturated carbocycles. The average Bonchev–Trinajstić information content (AvgIpc) is 2.59. The Labute approximate surface area is 95.7 Å². The van der Waals surface area contributed by atoms with E-state index in [0.29, 0.717) is 5.92 Å². The average molecular weight is 218 g/mol. The zero-order valence-corrected chi connectivity index (χ0v) is 10.0. The number of nitrogens with zero attached hydrogens (tertiary/aromatic N) is 1. The van der Waals surface area contributed by atoms with Crippen LogP contribution in [0.1, 0.15) is 38.1 Å². The molecule has 0 bridgehead atoms. The van der Waals surface area contributed by atoms with Gasteiger partial charge in [0.25, 0.3) is 0 Å². The summed E-state index contributed by atoms with van der Waals surface area (Å²) in [5.74, 6) is 1.12. The molecule has 86 valence electrons. The molecule has 1 atom stereocenters. The molecule has 3 heteroatoms. The van der Waals surface area contributed by atoms with Crippen LogP contribution in [0.5, 0.6) is 0 Å². The lowest BCUT2D eigenvalue weighted by atomic mass is 10.1. The van der Waals surface area contributed by atoms with E-state index in [9.17, 15) is 0 Å². The predicted molar refractivity (Wildman–Crippen MR) is 65.5 cm³/mol. The second-order valence-electron chi connectivity index (χ2n) is 4.69. The maximum Gasteiger partial charge on any atom is 0.198 e. The third-order valence-electron chi connectivity index (χ3n) is 2.52. The lowest BCUT2D eigenvalue weighted by Gasteiger charge is -2.03. The van der Waals surface area contributed by atoms with E-state index in [0.717, 1.165) is 23.4 Å². The maximum absolute atomic E-state index is 5.78. The molecule has 1 aromatic heterocycles. The number of benzene rings is 1. The van der Waals surface area contributed by atoms with E-state index in [1.165, 1.54) is 5.56 Å². The van der Waals surface area contributed by atoms with Crippen LogP contribution in [-0.2, 0) is 6.42 Å². The highest BCUT2D eigenvalue weighted by atomic mass is 16.3. The molecular formula is C13H18N2O. The third-order valence-corrected chi connectivity index (χ3v) is 2.52. The minimum absolute atomic E-state index is 0.175. The Morgan fingerprint density at radius 3 is 2.69 bits per heavy atom. The molecule has 0 aliphatic carbocycles. The molecule has 0 spiro atoms. The van der Waals surface area contributed by atoms with Crippen molar-refractivity contribution < 1.29 is 4.42 Å². The highest BCUT2D eigenvalue weighted by molar-refractivity contribution is 5.73. The number of oxazole rings is 1. The molecule has 1 heterocycles. The van der Waals surface area contributed by atoms with Gasteiger partial charge >= 0.3 is 0 Å². The standard InChI is InChI=1S/C13H18N2O/c1-8(2)13-15-11-7-10(6-9(3)14)4-5-12(11)16-13/h4-5,7-9H,6,14H2,1-3H3. The van der Waals surface area contributed by atoms with Crippen molar-refractivity contribution >= 4 is 11.1 Å². The van der Waals surface area contributed by atoms with Crippen molar-refractivity contribution in [2.45, 2.75) is 39.2 Å². The predicted octanol–water partition coefficient (Wildman–Crippen LogP) is 2.84. The number of nitrogens with two attached hydrogens (primary N) is 1. The summed E-state index contributed by atoms with van der Waals surface area (Å²) in [5, 5.41) is 0. The fourth-order valence-electron chi connectivity index (χ4n) is 1.74. The van der Waals surface area contributed by atoms with Crippen LogP contribution in [0.25, 0.3) is 11.1 Å². The second-order valence-corrected chi connectivity index (χ2v) is 4.69. The van der Waals surface area contributed by atoms with Gasteiger partial charge in [-0.3, -0.25) is 0 Å². The van der Waals surface area contributed by atoms with Crippen LogP contribution in [0.15, 0.2) is 22.6 Å². The van der Waals surface area contributed by atoms with E-state index < -0.39 is 0 Å². The van der Waals surface area contributed by atoms with Crippen LogP contribution in [-0.4, -0.2) is 11.0 Å². The first kappa shape index (κ1) is 11.1. The summed E-state index contributed by atoms with van der Waals surface area (Å²) >= 11 is 0. The van der Waals surface area contributed by atoms with Gasteiger partial charge in [-0.2, -0.15) is 0 Å². The summed E-state index contributed by atoms with van der Waals surface area (Å²) in [7, 11) is 0. The number of hydrogen-bond acceptors (Lipinski definition) is 3. The Balaban J connectivity index is 2.38. The van der Waals surface area contributed by atoms with Gasteiger partial charge in [0.2, 0.25) is 0 Å². The van der Waals surface area contributed by atoms with Crippen molar-refractivity contribution in [1.29, 1.82) is 0 Å². The largest absolute Gasteiger partial charge is 0.440 e. The second kappa shape index (κ2) is 4.26. The number of rotatable bonds is 3. The monoisotopic (exact) mass is 218 g/mol. The minimum atomic E-state index is 0.175. The fourth-order valence-corrected chi connectivity index (χ4v) is 1.74. The van der Waals surface area contributed by atoms with Gasteiger partial charge in [-0.15, -0.1) is 0 Å². The van der Waals surface area contributed by atoms with E-state index in [4.69, 9.17) is 10.2 Å². The molecule has 1 unspecified atom stereocenters. The zero-order valence-electron chi connectivity index (χ0n) is 10.0. The summed E-state index contributed by atoms with van der Waals surface area (Å²) < 4.78 is 5.65. The van der Waals surface area contributed by atoms with Gasteiger partial charge in [-0.1, -0.05) is 19.9 Å². The smallest absolute Gasteiger partial charge is 0.198 e. The molecule has 1 aromatic carbocycles. The Hall–Kier alpha value is -1.35. The summed E-state index contributed by atoms with van der Waals surface area (Å²) in [6.07, 6.45) is 0.875. The van der Waals surface area contributed by atoms with Crippen LogP contribution < -0.4 is 5.73 Å². The Bertz CT molecular complexity index is 486. The van der Waals surface area contributed by atoms with Crippen LogP contribution in [0.2, 0.25) is 0 Å². The molecule has 3 nitrogen and oxygen atoms in total. The van der Waals surface area contributed by atoms with Gasteiger partial charge in [-0.25, -0.2) is 4.98 Å². The zero-order chi connectivity index (χ0) is 11.7. The molecule has 0 radical (unpaired) electrons. The molecule has 0 fully saturated rings. The highest BCUT2D eigenvalue weighted by Gasteiger charge is 2.09.